The van der Waals surface area contributed by atoms with Gasteiger partial charge in [-0.15, -0.1) is 11.3 Å². The Labute approximate surface area is 195 Å². The van der Waals surface area contributed by atoms with Crippen LogP contribution in [0.1, 0.15) is 37.5 Å². The third-order valence-corrected chi connectivity index (χ3v) is 8.47. The summed E-state index contributed by atoms with van der Waals surface area (Å²) in [5, 5.41) is 4.18. The van der Waals surface area contributed by atoms with Crippen LogP contribution in [0, 0.1) is 24.7 Å². The Bertz CT molecular complexity index is 1290. The lowest BCUT2D eigenvalue weighted by Crippen LogP contribution is -2.47. The van der Waals surface area contributed by atoms with Gasteiger partial charge in [0.1, 0.15) is 16.5 Å². The number of fused-ring (bicyclic) bond motifs is 4. The van der Waals surface area contributed by atoms with E-state index in [-0.39, 0.29) is 0 Å². The molecule has 0 aliphatic heterocycles. The zero-order chi connectivity index (χ0) is 21.8. The molecule has 0 saturated heterocycles. The van der Waals surface area contributed by atoms with Gasteiger partial charge in [0.25, 0.3) is 0 Å². The molecule has 164 valence electrons. The first-order valence-corrected chi connectivity index (χ1v) is 12.5. The predicted molar refractivity (Wildman–Crippen MR) is 130 cm³/mol. The summed E-state index contributed by atoms with van der Waals surface area (Å²) in [6.45, 7) is 4.52. The average molecular weight is 465 g/mol. The molecule has 0 aromatic carbocycles. The fourth-order valence-electron chi connectivity index (χ4n) is 5.55. The summed E-state index contributed by atoms with van der Waals surface area (Å²) in [6.07, 6.45) is 8.79. The molecule has 32 heavy (non-hydrogen) atoms. The van der Waals surface area contributed by atoms with E-state index in [0.29, 0.717) is 34.1 Å². The van der Waals surface area contributed by atoms with Gasteiger partial charge in [-0.25, -0.2) is 19.9 Å². The zero-order valence-corrected chi connectivity index (χ0v) is 19.7. The van der Waals surface area contributed by atoms with Gasteiger partial charge in [-0.1, -0.05) is 18.5 Å². The summed E-state index contributed by atoms with van der Waals surface area (Å²) in [7, 11) is 0. The molecule has 0 radical (unpaired) electrons. The molecule has 2 bridgehead atoms. The first kappa shape index (κ1) is 20.1. The second kappa shape index (κ2) is 7.81. The Balaban J connectivity index is 1.45. The normalized spacial score (nSPS) is 24.8. The summed E-state index contributed by atoms with van der Waals surface area (Å²) < 4.78 is 0. The number of thiophene rings is 1. The van der Waals surface area contributed by atoms with Crippen molar-refractivity contribution >= 4 is 39.9 Å². The third kappa shape index (κ3) is 3.48. The highest BCUT2D eigenvalue weighted by Crippen LogP contribution is 2.46. The average Bonchev–Trinajstić information content (AvgIpc) is 3.42. The van der Waals surface area contributed by atoms with Crippen LogP contribution in [0.4, 0.5) is 5.82 Å². The van der Waals surface area contributed by atoms with E-state index in [1.165, 1.54) is 30.6 Å². The van der Waals surface area contributed by atoms with Crippen LogP contribution < -0.4 is 5.32 Å². The number of hydrogen-bond acceptors (Lipinski definition) is 6. The van der Waals surface area contributed by atoms with E-state index in [1.54, 1.807) is 17.5 Å². The lowest BCUT2D eigenvalue weighted by Gasteiger charge is -2.47. The number of H-pyrrole nitrogens is 1. The smallest absolute Gasteiger partial charge is 0.165 e. The van der Waals surface area contributed by atoms with Crippen molar-refractivity contribution in [3.05, 3.63) is 40.6 Å². The van der Waals surface area contributed by atoms with Crippen LogP contribution in [0.25, 0.3) is 33.1 Å². The summed E-state index contributed by atoms with van der Waals surface area (Å²) in [5.41, 5.74) is 3.10. The van der Waals surface area contributed by atoms with Crippen LogP contribution >= 0.6 is 22.9 Å². The van der Waals surface area contributed by atoms with Crippen LogP contribution in [0.15, 0.2) is 30.6 Å². The molecule has 4 aromatic heterocycles. The lowest BCUT2D eigenvalue weighted by atomic mass is 9.62. The van der Waals surface area contributed by atoms with Crippen molar-refractivity contribution in [1.29, 1.82) is 0 Å². The van der Waals surface area contributed by atoms with Gasteiger partial charge in [0, 0.05) is 23.2 Å². The molecule has 3 saturated carbocycles. The number of aryl methyl sites for hydroxylation is 1. The van der Waals surface area contributed by atoms with Crippen molar-refractivity contribution in [1.82, 2.24) is 24.9 Å². The molecule has 3 fully saturated rings. The van der Waals surface area contributed by atoms with Gasteiger partial charge in [-0.05, 0) is 62.5 Å². The Kier molecular flexibility index (Phi) is 4.91. The van der Waals surface area contributed by atoms with E-state index in [4.69, 9.17) is 21.6 Å². The minimum atomic E-state index is 0.355. The fraction of sp³-hybridized carbons (Fsp3) is 0.417. The van der Waals surface area contributed by atoms with Gasteiger partial charge in [-0.3, -0.25) is 0 Å². The Hall–Kier alpha value is -2.51. The zero-order valence-electron chi connectivity index (χ0n) is 18.1. The second-order valence-electron chi connectivity index (χ2n) is 9.17. The van der Waals surface area contributed by atoms with Gasteiger partial charge in [0.15, 0.2) is 11.5 Å². The van der Waals surface area contributed by atoms with E-state index in [1.807, 2.05) is 6.20 Å². The maximum atomic E-state index is 6.14. The molecule has 3 aliphatic rings. The minimum Gasteiger partial charge on any atom is -0.367 e. The first-order valence-electron chi connectivity index (χ1n) is 11.3. The largest absolute Gasteiger partial charge is 0.367 e. The molecule has 2 N–H and O–H groups in total. The van der Waals surface area contributed by atoms with E-state index < -0.39 is 0 Å². The molecule has 4 heterocycles. The Morgan fingerprint density at radius 3 is 2.66 bits per heavy atom. The summed E-state index contributed by atoms with van der Waals surface area (Å²) in [4.78, 5) is 24.3. The quantitative estimate of drug-likeness (QED) is 0.368. The van der Waals surface area contributed by atoms with Crippen LogP contribution in [0.2, 0.25) is 5.15 Å². The van der Waals surface area contributed by atoms with Gasteiger partial charge in [0.05, 0.1) is 22.3 Å². The van der Waals surface area contributed by atoms with Crippen molar-refractivity contribution < 1.29 is 0 Å². The lowest BCUT2D eigenvalue weighted by molar-refractivity contribution is 0.0928. The molecule has 4 aromatic rings. The molecule has 6 nitrogen and oxygen atoms in total. The SMILES string of the molecule is Cc1ccc(-c2cc(N[C@H]3C4CCC(CC4)[C@@H]3C)nc(-c3c[nH]c4ncc(Cl)nc34)n2)s1. The second-order valence-corrected chi connectivity index (χ2v) is 10.8. The predicted octanol–water partition coefficient (Wildman–Crippen LogP) is 6.34. The van der Waals surface area contributed by atoms with Crippen molar-refractivity contribution in [2.24, 2.45) is 17.8 Å². The maximum Gasteiger partial charge on any atom is 0.165 e. The number of halogens is 1. The molecule has 3 aliphatic carbocycles. The topological polar surface area (TPSA) is 79.4 Å². The molecular weight excluding hydrogens is 440 g/mol. The van der Waals surface area contributed by atoms with Gasteiger partial charge in [0.2, 0.25) is 0 Å². The standard InChI is InChI=1S/C24H25ClN6S/c1-12-3-8-18(32-12)17-9-20(30-21-13(2)14-4-6-15(21)7-5-14)31-23(28-17)16-10-26-24-22(16)29-19(25)11-27-24/h3,8-11,13-15,21H,4-7H2,1-2H3,(H,26,27)(H,28,30,31)/t13-,14?,15?,21+/m0/s1. The monoisotopic (exact) mass is 464 g/mol. The number of anilines is 1. The minimum absolute atomic E-state index is 0.355. The van der Waals surface area contributed by atoms with Gasteiger partial charge >= 0.3 is 0 Å². The Morgan fingerprint density at radius 2 is 1.91 bits per heavy atom. The number of nitrogens with zero attached hydrogens (tertiary/aromatic N) is 4. The number of hydrogen-bond donors (Lipinski definition) is 2. The van der Waals surface area contributed by atoms with E-state index >= 15 is 0 Å². The summed E-state index contributed by atoms with van der Waals surface area (Å²) in [6, 6.07) is 6.82. The van der Waals surface area contributed by atoms with Crippen molar-refractivity contribution in [2.45, 2.75) is 45.6 Å². The third-order valence-electron chi connectivity index (χ3n) is 7.26. The number of aromatic amines is 1. The summed E-state index contributed by atoms with van der Waals surface area (Å²) >= 11 is 7.88. The van der Waals surface area contributed by atoms with Crippen LogP contribution in [-0.2, 0) is 0 Å². The van der Waals surface area contributed by atoms with Crippen molar-refractivity contribution in [3.8, 4) is 22.0 Å². The summed E-state index contributed by atoms with van der Waals surface area (Å²) in [5.74, 6) is 3.71. The molecule has 8 heteroatoms. The van der Waals surface area contributed by atoms with Crippen LogP contribution in [-0.4, -0.2) is 31.0 Å². The highest BCUT2D eigenvalue weighted by atomic mass is 35.5. The first-order chi connectivity index (χ1) is 15.5. The van der Waals surface area contributed by atoms with E-state index in [2.05, 4.69) is 52.3 Å². The maximum absolute atomic E-state index is 6.14. The van der Waals surface area contributed by atoms with Gasteiger partial charge in [-0.2, -0.15) is 0 Å². The van der Waals surface area contributed by atoms with Crippen LogP contribution in [0.3, 0.4) is 0 Å². The van der Waals surface area contributed by atoms with Crippen molar-refractivity contribution in [2.75, 3.05) is 5.32 Å². The highest BCUT2D eigenvalue weighted by molar-refractivity contribution is 7.15. The molecular formula is C24H25ClN6S. The van der Waals surface area contributed by atoms with Crippen molar-refractivity contribution in [3.63, 3.8) is 0 Å². The Morgan fingerprint density at radius 1 is 1.09 bits per heavy atom. The number of rotatable bonds is 4. The number of nitrogens with one attached hydrogen (secondary N) is 2. The number of aromatic nitrogens is 5. The fourth-order valence-corrected chi connectivity index (χ4v) is 6.51. The molecule has 2 atom stereocenters. The molecule has 0 unspecified atom stereocenters. The van der Waals surface area contributed by atoms with Crippen LogP contribution in [0.5, 0.6) is 0 Å². The van der Waals surface area contributed by atoms with E-state index in [0.717, 1.165) is 33.8 Å². The molecule has 0 amide bonds. The molecule has 7 rings (SSSR count). The van der Waals surface area contributed by atoms with E-state index in [9.17, 15) is 0 Å². The van der Waals surface area contributed by atoms with Gasteiger partial charge < -0.3 is 10.3 Å². The highest BCUT2D eigenvalue weighted by Gasteiger charge is 2.41. The molecule has 0 spiro atoms.